The number of benzene rings is 1. The zero-order valence-corrected chi connectivity index (χ0v) is 14.0. The van der Waals surface area contributed by atoms with Crippen LogP contribution in [0.5, 0.6) is 0 Å². The molecule has 0 amide bonds. The summed E-state index contributed by atoms with van der Waals surface area (Å²) in [6.45, 7) is 6.98. The Morgan fingerprint density at radius 3 is 2.57 bits per heavy atom. The first-order valence-electron chi connectivity index (χ1n) is 7.66. The third-order valence-corrected chi connectivity index (χ3v) is 4.81. The number of aromatic nitrogens is 2. The topological polar surface area (TPSA) is 75.4 Å². The van der Waals surface area contributed by atoms with Crippen LogP contribution in [-0.4, -0.2) is 40.5 Å². The number of hydrogen-bond donors (Lipinski definition) is 0. The molecule has 1 aromatic carbocycles. The summed E-state index contributed by atoms with van der Waals surface area (Å²) in [6, 6.07) is 5.41. The smallest absolute Gasteiger partial charge is 0.292 e. The third-order valence-electron chi connectivity index (χ3n) is 3.99. The molecule has 0 spiro atoms. The first-order valence-corrected chi connectivity index (χ1v) is 8.43. The van der Waals surface area contributed by atoms with Gasteiger partial charge in [0.1, 0.15) is 11.5 Å². The van der Waals surface area contributed by atoms with Crippen molar-refractivity contribution in [2.45, 2.75) is 20.3 Å². The first-order chi connectivity index (χ1) is 11.1. The minimum Gasteiger partial charge on any atom is -0.362 e. The standard InChI is InChI=1S/C15H19N5O2S/c1-3-14-16-15(23-17-14)19-8-6-18(7-9-19)12-5-4-11(2)10-13(12)20(21)22/h4-5,10H,3,6-9H2,1-2H3. The molecule has 7 nitrogen and oxygen atoms in total. The fourth-order valence-electron chi connectivity index (χ4n) is 2.70. The fourth-order valence-corrected chi connectivity index (χ4v) is 3.50. The lowest BCUT2D eigenvalue weighted by Crippen LogP contribution is -2.46. The molecule has 0 atom stereocenters. The van der Waals surface area contributed by atoms with E-state index < -0.39 is 0 Å². The van der Waals surface area contributed by atoms with E-state index in [1.54, 1.807) is 6.07 Å². The fraction of sp³-hybridized carbons (Fsp3) is 0.467. The predicted octanol–water partition coefficient (Wildman–Crippen LogP) is 2.64. The molecule has 1 aromatic heterocycles. The maximum Gasteiger partial charge on any atom is 0.292 e. The summed E-state index contributed by atoms with van der Waals surface area (Å²) in [5.74, 6) is 0.876. The Kier molecular flexibility index (Phi) is 4.42. The second-order valence-electron chi connectivity index (χ2n) is 5.57. The van der Waals surface area contributed by atoms with Gasteiger partial charge in [0, 0.05) is 50.2 Å². The number of aryl methyl sites for hydroxylation is 2. The lowest BCUT2D eigenvalue weighted by atomic mass is 10.1. The minimum absolute atomic E-state index is 0.183. The number of rotatable bonds is 4. The van der Waals surface area contributed by atoms with Gasteiger partial charge >= 0.3 is 0 Å². The van der Waals surface area contributed by atoms with Crippen molar-refractivity contribution < 1.29 is 4.92 Å². The van der Waals surface area contributed by atoms with Crippen molar-refractivity contribution >= 4 is 28.0 Å². The van der Waals surface area contributed by atoms with Crippen LogP contribution in [0.15, 0.2) is 18.2 Å². The van der Waals surface area contributed by atoms with Crippen LogP contribution in [0.3, 0.4) is 0 Å². The Morgan fingerprint density at radius 1 is 1.26 bits per heavy atom. The van der Waals surface area contributed by atoms with Crippen LogP contribution in [0.2, 0.25) is 0 Å². The molecule has 1 saturated heterocycles. The summed E-state index contributed by atoms with van der Waals surface area (Å²) in [5, 5.41) is 12.2. The molecular weight excluding hydrogens is 314 g/mol. The molecule has 1 aliphatic rings. The SMILES string of the molecule is CCc1nsc(N2CCN(c3ccc(C)cc3[N+](=O)[O-])CC2)n1. The van der Waals surface area contributed by atoms with E-state index in [0.717, 1.165) is 49.1 Å². The van der Waals surface area contributed by atoms with Gasteiger partial charge in [0.2, 0.25) is 5.13 Å². The lowest BCUT2D eigenvalue weighted by Gasteiger charge is -2.35. The average molecular weight is 333 g/mol. The maximum atomic E-state index is 11.3. The van der Waals surface area contributed by atoms with E-state index in [0.29, 0.717) is 5.69 Å². The molecule has 3 rings (SSSR count). The summed E-state index contributed by atoms with van der Waals surface area (Å²) < 4.78 is 4.32. The van der Waals surface area contributed by atoms with Gasteiger partial charge < -0.3 is 9.80 Å². The summed E-state index contributed by atoms with van der Waals surface area (Å²) in [7, 11) is 0. The van der Waals surface area contributed by atoms with Crippen molar-refractivity contribution in [3.63, 3.8) is 0 Å². The Morgan fingerprint density at radius 2 is 1.96 bits per heavy atom. The van der Waals surface area contributed by atoms with Crippen molar-refractivity contribution in [1.82, 2.24) is 9.36 Å². The van der Waals surface area contributed by atoms with Crippen LogP contribution in [0.25, 0.3) is 0 Å². The number of nitro benzene ring substituents is 1. The second-order valence-corrected chi connectivity index (χ2v) is 6.30. The quantitative estimate of drug-likeness (QED) is 0.632. The molecule has 1 aliphatic heterocycles. The average Bonchev–Trinajstić information content (AvgIpc) is 3.04. The number of piperazine rings is 1. The largest absolute Gasteiger partial charge is 0.362 e. The van der Waals surface area contributed by atoms with Crippen LogP contribution in [0, 0.1) is 17.0 Å². The van der Waals surface area contributed by atoms with E-state index in [-0.39, 0.29) is 10.6 Å². The highest BCUT2D eigenvalue weighted by molar-refractivity contribution is 7.09. The zero-order valence-electron chi connectivity index (χ0n) is 13.2. The second kappa shape index (κ2) is 6.49. The molecule has 122 valence electrons. The highest BCUT2D eigenvalue weighted by Crippen LogP contribution is 2.30. The van der Waals surface area contributed by atoms with Gasteiger partial charge in [0.25, 0.3) is 5.69 Å². The van der Waals surface area contributed by atoms with Crippen molar-refractivity contribution in [3.8, 4) is 0 Å². The first kappa shape index (κ1) is 15.7. The Hall–Kier alpha value is -2.22. The van der Waals surface area contributed by atoms with Gasteiger partial charge in [-0.15, -0.1) is 0 Å². The Balaban J connectivity index is 1.73. The highest BCUT2D eigenvalue weighted by atomic mass is 32.1. The molecule has 2 heterocycles. The van der Waals surface area contributed by atoms with E-state index >= 15 is 0 Å². The maximum absolute atomic E-state index is 11.3. The molecule has 0 radical (unpaired) electrons. The Bertz CT molecular complexity index is 710. The molecule has 1 fully saturated rings. The molecule has 8 heteroatoms. The third kappa shape index (κ3) is 3.26. The van der Waals surface area contributed by atoms with Crippen LogP contribution in [0.1, 0.15) is 18.3 Å². The van der Waals surface area contributed by atoms with Gasteiger partial charge in [0.05, 0.1) is 4.92 Å². The molecule has 2 aromatic rings. The zero-order chi connectivity index (χ0) is 16.4. The van der Waals surface area contributed by atoms with Crippen LogP contribution < -0.4 is 9.80 Å². The highest BCUT2D eigenvalue weighted by Gasteiger charge is 2.25. The van der Waals surface area contributed by atoms with Crippen LogP contribution in [0.4, 0.5) is 16.5 Å². The van der Waals surface area contributed by atoms with Gasteiger partial charge in [-0.2, -0.15) is 4.37 Å². The monoisotopic (exact) mass is 333 g/mol. The number of nitrogens with zero attached hydrogens (tertiary/aromatic N) is 5. The minimum atomic E-state index is -0.299. The van der Waals surface area contributed by atoms with E-state index in [1.165, 1.54) is 11.5 Å². The Labute approximate surface area is 138 Å². The lowest BCUT2D eigenvalue weighted by molar-refractivity contribution is -0.384. The van der Waals surface area contributed by atoms with E-state index in [2.05, 4.69) is 19.2 Å². The summed E-state index contributed by atoms with van der Waals surface area (Å²) in [5.41, 5.74) is 1.79. The number of nitro groups is 1. The van der Waals surface area contributed by atoms with Gasteiger partial charge in [-0.25, -0.2) is 4.98 Å². The molecule has 0 unspecified atom stereocenters. The van der Waals surface area contributed by atoms with Crippen molar-refractivity contribution in [2.75, 3.05) is 36.0 Å². The molecule has 0 saturated carbocycles. The number of anilines is 2. The van der Waals surface area contributed by atoms with Gasteiger partial charge in [0.15, 0.2) is 0 Å². The molecular formula is C15H19N5O2S. The molecule has 23 heavy (non-hydrogen) atoms. The van der Waals surface area contributed by atoms with E-state index in [1.807, 2.05) is 26.0 Å². The molecule has 0 aliphatic carbocycles. The molecule has 0 bridgehead atoms. The summed E-state index contributed by atoms with van der Waals surface area (Å²) in [4.78, 5) is 19.8. The predicted molar refractivity (Wildman–Crippen MR) is 91.5 cm³/mol. The van der Waals surface area contributed by atoms with Gasteiger partial charge in [-0.05, 0) is 18.6 Å². The van der Waals surface area contributed by atoms with E-state index in [9.17, 15) is 10.1 Å². The van der Waals surface area contributed by atoms with Crippen molar-refractivity contribution in [2.24, 2.45) is 0 Å². The van der Waals surface area contributed by atoms with Gasteiger partial charge in [-0.1, -0.05) is 13.0 Å². The number of hydrogen-bond acceptors (Lipinski definition) is 7. The van der Waals surface area contributed by atoms with Crippen molar-refractivity contribution in [1.29, 1.82) is 0 Å². The summed E-state index contributed by atoms with van der Waals surface area (Å²) >= 11 is 1.43. The van der Waals surface area contributed by atoms with Crippen molar-refractivity contribution in [3.05, 3.63) is 39.7 Å². The molecule has 0 N–H and O–H groups in total. The van der Waals surface area contributed by atoms with E-state index in [4.69, 9.17) is 0 Å². The normalized spacial score (nSPS) is 15.0. The van der Waals surface area contributed by atoms with Crippen LogP contribution >= 0.6 is 11.5 Å². The summed E-state index contributed by atoms with van der Waals surface area (Å²) in [6.07, 6.45) is 0.839. The van der Waals surface area contributed by atoms with Crippen LogP contribution in [-0.2, 0) is 6.42 Å². The van der Waals surface area contributed by atoms with Gasteiger partial charge in [-0.3, -0.25) is 10.1 Å².